The van der Waals surface area contributed by atoms with Gasteiger partial charge in [-0.05, 0) is 70.3 Å². The largest absolute Gasteiger partial charge is 0.756 e. The molecule has 0 aliphatic heterocycles. The Labute approximate surface area is 478 Å². The van der Waals surface area contributed by atoms with Crippen LogP contribution in [0.25, 0.3) is 0 Å². The number of carbonyl (C=O) groups is 2. The molecule has 3 unspecified atom stereocenters. The first-order chi connectivity index (χ1) is 37.4. The fraction of sp³-hybridized carbons (Fsp3) is 0.851. The van der Waals surface area contributed by atoms with Gasteiger partial charge in [-0.3, -0.25) is 14.2 Å². The molecule has 0 bridgehead atoms. The van der Waals surface area contributed by atoms with Gasteiger partial charge in [-0.25, -0.2) is 0 Å². The van der Waals surface area contributed by atoms with Crippen molar-refractivity contribution in [2.24, 2.45) is 0 Å². The minimum absolute atomic E-state index is 0.0208. The third-order valence-corrected chi connectivity index (χ3v) is 15.7. The second-order valence-electron chi connectivity index (χ2n) is 23.6. The number of esters is 1. The first-order valence-electron chi connectivity index (χ1n) is 32.9. The quantitative estimate of drug-likeness (QED) is 0.0212. The summed E-state index contributed by atoms with van der Waals surface area (Å²) >= 11 is 0. The normalized spacial score (nSPS) is 13.9. The number of hydrogen-bond donors (Lipinski definition) is 1. The molecule has 0 aliphatic rings. The highest BCUT2D eigenvalue weighted by Gasteiger charge is 2.27. The third kappa shape index (κ3) is 58.4. The van der Waals surface area contributed by atoms with Crippen LogP contribution in [0.5, 0.6) is 0 Å². The zero-order chi connectivity index (χ0) is 56.4. The van der Waals surface area contributed by atoms with Gasteiger partial charge in [0, 0.05) is 12.8 Å². The molecular formula is C67H127N2O7P. The predicted molar refractivity (Wildman–Crippen MR) is 330 cm³/mol. The van der Waals surface area contributed by atoms with Crippen molar-refractivity contribution in [1.82, 2.24) is 5.32 Å². The number of likely N-dealkylation sites (N-methyl/N-ethyl adjacent to an activating group) is 1. The van der Waals surface area contributed by atoms with Crippen LogP contribution in [0.3, 0.4) is 0 Å². The van der Waals surface area contributed by atoms with Crippen LogP contribution in [0.2, 0.25) is 0 Å². The maximum atomic E-state index is 13.5. The molecular weight excluding hydrogens is 976 g/mol. The number of phosphoric ester groups is 1. The highest BCUT2D eigenvalue weighted by molar-refractivity contribution is 7.45. The van der Waals surface area contributed by atoms with E-state index in [0.717, 1.165) is 70.6 Å². The van der Waals surface area contributed by atoms with Crippen LogP contribution in [-0.2, 0) is 27.9 Å². The maximum Gasteiger partial charge on any atom is 0.306 e. The van der Waals surface area contributed by atoms with Gasteiger partial charge >= 0.3 is 5.97 Å². The van der Waals surface area contributed by atoms with Gasteiger partial charge < -0.3 is 28.5 Å². The molecule has 0 saturated carbocycles. The van der Waals surface area contributed by atoms with Crippen LogP contribution in [0.15, 0.2) is 48.6 Å². The second kappa shape index (κ2) is 57.2. The lowest BCUT2D eigenvalue weighted by molar-refractivity contribution is -0.870. The molecule has 77 heavy (non-hydrogen) atoms. The van der Waals surface area contributed by atoms with Crippen molar-refractivity contribution in [3.8, 4) is 0 Å². The molecule has 0 aromatic rings. The number of phosphoric acid groups is 1. The van der Waals surface area contributed by atoms with Crippen LogP contribution < -0.4 is 10.2 Å². The number of carbonyl (C=O) groups excluding carboxylic acids is 2. The van der Waals surface area contributed by atoms with Crippen molar-refractivity contribution < 1.29 is 37.3 Å². The number of amides is 1. The Hall–Kier alpha value is -2.03. The van der Waals surface area contributed by atoms with Crippen LogP contribution >= 0.6 is 7.82 Å². The number of allylic oxidation sites excluding steroid dienone is 7. The third-order valence-electron chi connectivity index (χ3n) is 14.8. The number of rotatable bonds is 60. The van der Waals surface area contributed by atoms with Gasteiger partial charge in [0.25, 0.3) is 7.82 Å². The van der Waals surface area contributed by atoms with Gasteiger partial charge in [-0.2, -0.15) is 0 Å². The van der Waals surface area contributed by atoms with Crippen LogP contribution in [0.1, 0.15) is 316 Å². The highest BCUT2D eigenvalue weighted by Crippen LogP contribution is 2.38. The van der Waals surface area contributed by atoms with E-state index in [2.05, 4.69) is 62.5 Å². The van der Waals surface area contributed by atoms with Gasteiger partial charge in [0.05, 0.1) is 33.8 Å². The zero-order valence-electron chi connectivity index (χ0n) is 51.7. The lowest BCUT2D eigenvalue weighted by Gasteiger charge is -2.30. The SMILES string of the molecule is CCCCC/C=C\C/C=C\C/C=C\CCCCCCCCCCCCCCC(=O)OC(/C=C/CCCCCCCCCCC)C(COP(=O)([O-])OCC[N+](C)(C)C)NC(=O)CCCCCCCCCCCCCCCCC. The topological polar surface area (TPSA) is 114 Å². The Morgan fingerprint density at radius 2 is 0.792 bits per heavy atom. The van der Waals surface area contributed by atoms with Crippen molar-refractivity contribution in [1.29, 1.82) is 0 Å². The number of quaternary nitrogens is 1. The van der Waals surface area contributed by atoms with E-state index in [-0.39, 0.29) is 31.5 Å². The molecule has 9 nitrogen and oxygen atoms in total. The number of nitrogens with one attached hydrogen (secondary N) is 1. The highest BCUT2D eigenvalue weighted by atomic mass is 31.2. The fourth-order valence-electron chi connectivity index (χ4n) is 9.65. The van der Waals surface area contributed by atoms with E-state index in [1.54, 1.807) is 0 Å². The maximum absolute atomic E-state index is 13.5. The molecule has 1 N–H and O–H groups in total. The fourth-order valence-corrected chi connectivity index (χ4v) is 10.4. The Morgan fingerprint density at radius 1 is 0.455 bits per heavy atom. The molecule has 0 aromatic heterocycles. The molecule has 0 heterocycles. The molecule has 0 saturated heterocycles. The monoisotopic (exact) mass is 1100 g/mol. The molecule has 0 aromatic carbocycles. The van der Waals surface area contributed by atoms with Crippen LogP contribution in [-0.4, -0.2) is 69.4 Å². The van der Waals surface area contributed by atoms with Crippen LogP contribution in [0, 0.1) is 0 Å². The van der Waals surface area contributed by atoms with Crippen molar-refractivity contribution in [3.05, 3.63) is 48.6 Å². The molecule has 0 aliphatic carbocycles. The molecule has 0 spiro atoms. The van der Waals surface area contributed by atoms with Crippen molar-refractivity contribution in [3.63, 3.8) is 0 Å². The first-order valence-corrected chi connectivity index (χ1v) is 34.4. The molecule has 3 atom stereocenters. The lowest BCUT2D eigenvalue weighted by Crippen LogP contribution is -2.47. The van der Waals surface area contributed by atoms with Gasteiger partial charge in [0.15, 0.2) is 0 Å². The second-order valence-corrected chi connectivity index (χ2v) is 25.0. The van der Waals surface area contributed by atoms with Gasteiger partial charge in [-0.15, -0.1) is 0 Å². The summed E-state index contributed by atoms with van der Waals surface area (Å²) in [5, 5.41) is 3.03. The summed E-state index contributed by atoms with van der Waals surface area (Å²) in [4.78, 5) is 40.0. The zero-order valence-corrected chi connectivity index (χ0v) is 52.6. The van der Waals surface area contributed by atoms with Gasteiger partial charge in [0.2, 0.25) is 5.91 Å². The summed E-state index contributed by atoms with van der Waals surface area (Å²) in [7, 11) is 1.19. The molecule has 10 heteroatoms. The van der Waals surface area contributed by atoms with E-state index in [1.165, 1.54) is 212 Å². The minimum atomic E-state index is -4.69. The summed E-state index contributed by atoms with van der Waals surface area (Å²) in [6.45, 7) is 6.84. The van der Waals surface area contributed by atoms with Gasteiger partial charge in [-0.1, -0.05) is 282 Å². The van der Waals surface area contributed by atoms with E-state index in [1.807, 2.05) is 33.3 Å². The standard InChI is InChI=1S/C67H127N2O7P/c1-7-10-13-16-19-22-25-27-29-30-31-32-33-34-35-36-37-38-40-42-45-48-51-54-57-60-67(71)76-65(58-55-52-49-46-43-24-21-18-15-12-9-3)64(63-75-77(72,73)74-62-61-69(4,5)6)68-66(70)59-56-53-50-47-44-41-39-28-26-23-20-17-14-11-8-2/h19,22,27,29,31-32,55,58,64-65H,7-18,20-21,23-26,28,30,33-54,56-57,59-63H2,1-6H3,(H-,68,70,72,73)/b22-19-,29-27-,32-31-,58-55+. The van der Waals surface area contributed by atoms with Crippen molar-refractivity contribution >= 4 is 19.7 Å². The Kier molecular flexibility index (Phi) is 55.7. The number of unbranched alkanes of at least 4 members (excludes halogenated alkanes) is 38. The predicted octanol–water partition coefficient (Wildman–Crippen LogP) is 19.8. The van der Waals surface area contributed by atoms with E-state index < -0.39 is 20.0 Å². The Morgan fingerprint density at radius 3 is 1.21 bits per heavy atom. The van der Waals surface area contributed by atoms with E-state index in [9.17, 15) is 19.0 Å². The number of ether oxygens (including phenoxy) is 1. The smallest absolute Gasteiger partial charge is 0.306 e. The number of hydrogen-bond acceptors (Lipinski definition) is 7. The molecule has 0 rings (SSSR count). The van der Waals surface area contributed by atoms with Crippen molar-refractivity contribution in [2.75, 3.05) is 40.9 Å². The summed E-state index contributed by atoms with van der Waals surface area (Å²) in [5.74, 6) is -0.531. The summed E-state index contributed by atoms with van der Waals surface area (Å²) in [6, 6.07) is -0.885. The van der Waals surface area contributed by atoms with E-state index >= 15 is 0 Å². The number of nitrogens with zero attached hydrogens (tertiary/aromatic N) is 1. The molecule has 0 fully saturated rings. The van der Waals surface area contributed by atoms with E-state index in [4.69, 9.17) is 13.8 Å². The summed E-state index contributed by atoms with van der Waals surface area (Å²) < 4.78 is 30.3. The Balaban J connectivity index is 5.05. The lowest BCUT2D eigenvalue weighted by atomic mass is 10.0. The Bertz CT molecular complexity index is 1460. The minimum Gasteiger partial charge on any atom is -0.756 e. The van der Waals surface area contributed by atoms with Crippen LogP contribution in [0.4, 0.5) is 0 Å². The average molecular weight is 1100 g/mol. The molecule has 0 radical (unpaired) electrons. The summed E-state index contributed by atoms with van der Waals surface area (Å²) in [6.07, 6.45) is 70.8. The van der Waals surface area contributed by atoms with E-state index in [0.29, 0.717) is 17.4 Å². The van der Waals surface area contributed by atoms with Crippen molar-refractivity contribution in [2.45, 2.75) is 328 Å². The summed E-state index contributed by atoms with van der Waals surface area (Å²) in [5.41, 5.74) is 0. The average Bonchev–Trinajstić information content (AvgIpc) is 3.39. The molecule has 452 valence electrons. The molecule has 1 amide bonds. The van der Waals surface area contributed by atoms with Gasteiger partial charge in [0.1, 0.15) is 19.3 Å². The first kappa shape index (κ1) is 75.0.